The smallest absolute Gasteiger partial charge is 0.272 e. The first-order valence-electron chi connectivity index (χ1n) is 10.1. The molecule has 2 aromatic carbocycles. The fourth-order valence-electron chi connectivity index (χ4n) is 3.64. The van der Waals surface area contributed by atoms with Gasteiger partial charge in [0.25, 0.3) is 5.56 Å². The molecule has 4 nitrogen and oxygen atoms in total. The standard InChI is InChI=1S/C25H22N3OS2.ClH/c1-26-14-12-18(13-15-26)16-22-28(17-19-8-4-3-5-9-19)24(29)23(31-22)25-27(2)20-10-6-7-11-21(20)30-25;/h3-16H,17H2,1-2H3;1H/q+1;/p-1/b25-23+;. The van der Waals surface area contributed by atoms with Crippen LogP contribution in [0.1, 0.15) is 11.1 Å². The van der Waals surface area contributed by atoms with E-state index >= 15 is 0 Å². The molecule has 0 atom stereocenters. The predicted octanol–water partition coefficient (Wildman–Crippen LogP) is -0.0768. The molecular weight excluding hydrogens is 458 g/mol. The van der Waals surface area contributed by atoms with E-state index in [9.17, 15) is 4.79 Å². The summed E-state index contributed by atoms with van der Waals surface area (Å²) >= 11 is 3.24. The fourth-order valence-corrected chi connectivity index (χ4v) is 6.05. The molecule has 0 unspecified atom stereocenters. The highest BCUT2D eigenvalue weighted by Crippen LogP contribution is 2.44. The molecule has 0 amide bonds. The normalized spacial score (nSPS) is 14.9. The van der Waals surface area contributed by atoms with Crippen LogP contribution in [-0.4, -0.2) is 11.6 Å². The van der Waals surface area contributed by atoms with Gasteiger partial charge in [-0.25, -0.2) is 4.57 Å². The molecule has 0 fully saturated rings. The van der Waals surface area contributed by atoms with E-state index in [2.05, 4.69) is 47.4 Å². The van der Waals surface area contributed by atoms with Gasteiger partial charge in [-0.2, -0.15) is 0 Å². The van der Waals surface area contributed by atoms with Gasteiger partial charge in [0, 0.05) is 24.1 Å². The van der Waals surface area contributed by atoms with Crippen LogP contribution in [0.25, 0.3) is 11.1 Å². The summed E-state index contributed by atoms with van der Waals surface area (Å²) in [6, 6.07) is 22.6. The van der Waals surface area contributed by atoms with Gasteiger partial charge in [-0.3, -0.25) is 9.36 Å². The van der Waals surface area contributed by atoms with Gasteiger partial charge in [-0.05, 0) is 29.3 Å². The van der Waals surface area contributed by atoms with Crippen LogP contribution in [0, 0.1) is 0 Å². The zero-order valence-corrected chi connectivity index (χ0v) is 20.1. The molecule has 0 spiro atoms. The van der Waals surface area contributed by atoms with Crippen LogP contribution in [-0.2, 0) is 13.6 Å². The quantitative estimate of drug-likeness (QED) is 0.385. The Bertz CT molecular complexity index is 1430. The van der Waals surface area contributed by atoms with Crippen molar-refractivity contribution >= 4 is 39.9 Å². The highest BCUT2D eigenvalue weighted by molar-refractivity contribution is 8.08. The molecule has 4 aromatic rings. The first-order chi connectivity index (χ1) is 15.1. The van der Waals surface area contributed by atoms with Crippen molar-refractivity contribution in [2.75, 3.05) is 11.9 Å². The monoisotopic (exact) mass is 479 g/mol. The number of rotatable bonds is 3. The molecule has 0 saturated carbocycles. The van der Waals surface area contributed by atoms with Crippen molar-refractivity contribution in [1.29, 1.82) is 0 Å². The lowest BCUT2D eigenvalue weighted by Crippen LogP contribution is -3.00. The van der Waals surface area contributed by atoms with E-state index in [4.69, 9.17) is 0 Å². The second kappa shape index (κ2) is 9.36. The summed E-state index contributed by atoms with van der Waals surface area (Å²) in [6.07, 6.45) is 6.14. The van der Waals surface area contributed by atoms with Gasteiger partial charge in [0.05, 0.1) is 16.9 Å². The van der Waals surface area contributed by atoms with E-state index < -0.39 is 0 Å². The molecule has 0 N–H and O–H groups in total. The van der Waals surface area contributed by atoms with Crippen LogP contribution >= 0.6 is 23.1 Å². The third-order valence-electron chi connectivity index (χ3n) is 5.32. The second-order valence-electron chi connectivity index (χ2n) is 7.52. The van der Waals surface area contributed by atoms with Crippen molar-refractivity contribution in [2.24, 2.45) is 7.05 Å². The van der Waals surface area contributed by atoms with Crippen LogP contribution in [0.3, 0.4) is 0 Å². The number of fused-ring (bicyclic) bond motifs is 1. The van der Waals surface area contributed by atoms with Crippen molar-refractivity contribution in [2.45, 2.75) is 11.4 Å². The molecule has 5 rings (SSSR count). The van der Waals surface area contributed by atoms with Crippen LogP contribution < -0.4 is 36.6 Å². The van der Waals surface area contributed by atoms with E-state index in [0.717, 1.165) is 31.0 Å². The number of thioether (sulfide) groups is 1. The number of aromatic nitrogens is 2. The third kappa shape index (κ3) is 4.26. The molecule has 1 aliphatic heterocycles. The molecule has 2 aromatic heterocycles. The molecule has 0 radical (unpaired) electrons. The third-order valence-corrected chi connectivity index (χ3v) is 7.81. The summed E-state index contributed by atoms with van der Waals surface area (Å²) in [5.74, 6) is 0. The minimum atomic E-state index is 0. The number of anilines is 1. The van der Waals surface area contributed by atoms with Crippen LogP contribution in [0.5, 0.6) is 0 Å². The summed E-state index contributed by atoms with van der Waals surface area (Å²) in [7, 11) is 4.04. The van der Waals surface area contributed by atoms with E-state index in [1.54, 1.807) is 23.1 Å². The number of nitrogens with zero attached hydrogens (tertiary/aromatic N) is 3. The first kappa shape index (κ1) is 22.4. The van der Waals surface area contributed by atoms with Crippen LogP contribution in [0.15, 0.2) is 88.8 Å². The van der Waals surface area contributed by atoms with E-state index in [1.165, 1.54) is 4.90 Å². The molecule has 162 valence electrons. The number of halogens is 1. The first-order valence-corrected chi connectivity index (χ1v) is 11.7. The summed E-state index contributed by atoms with van der Waals surface area (Å²) in [4.78, 5) is 16.9. The van der Waals surface area contributed by atoms with Gasteiger partial charge in [0.1, 0.15) is 16.6 Å². The Balaban J connectivity index is 0.00000245. The minimum Gasteiger partial charge on any atom is -1.00 e. The van der Waals surface area contributed by atoms with Crippen molar-refractivity contribution in [3.05, 3.63) is 110 Å². The van der Waals surface area contributed by atoms with Crippen LogP contribution in [0.4, 0.5) is 5.69 Å². The Morgan fingerprint density at radius 1 is 0.969 bits per heavy atom. The Morgan fingerprint density at radius 2 is 1.66 bits per heavy atom. The predicted molar refractivity (Wildman–Crippen MR) is 129 cm³/mol. The second-order valence-corrected chi connectivity index (χ2v) is 9.58. The lowest BCUT2D eigenvalue weighted by atomic mass is 10.2. The Labute approximate surface area is 201 Å². The molecule has 0 bridgehead atoms. The molecule has 0 aliphatic carbocycles. The topological polar surface area (TPSA) is 29.1 Å². The molecular formula is C25H22ClN3OS2. The largest absolute Gasteiger partial charge is 1.00 e. The molecule has 7 heteroatoms. The number of aryl methyl sites for hydroxylation is 1. The Morgan fingerprint density at radius 3 is 2.38 bits per heavy atom. The maximum absolute atomic E-state index is 13.6. The number of benzene rings is 2. The summed E-state index contributed by atoms with van der Waals surface area (Å²) in [5, 5.41) is 0.997. The zero-order chi connectivity index (χ0) is 21.4. The lowest BCUT2D eigenvalue weighted by molar-refractivity contribution is -0.671. The summed E-state index contributed by atoms with van der Waals surface area (Å²) in [6.45, 7) is 0.553. The Hall–Kier alpha value is -2.80. The van der Waals surface area contributed by atoms with Crippen LogP contribution in [0.2, 0.25) is 0 Å². The van der Waals surface area contributed by atoms with Gasteiger partial charge in [-0.1, -0.05) is 54.2 Å². The number of pyridine rings is 1. The number of thiazole rings is 1. The molecule has 0 saturated heterocycles. The van der Waals surface area contributed by atoms with Gasteiger partial charge < -0.3 is 17.3 Å². The highest BCUT2D eigenvalue weighted by Gasteiger charge is 2.24. The fraction of sp³-hybridized carbons (Fsp3) is 0.120. The Kier molecular flexibility index (Phi) is 6.55. The van der Waals surface area contributed by atoms with Gasteiger partial charge in [0.15, 0.2) is 12.4 Å². The van der Waals surface area contributed by atoms with Crippen molar-refractivity contribution in [3.63, 3.8) is 0 Å². The molecule has 32 heavy (non-hydrogen) atoms. The van der Waals surface area contributed by atoms with Gasteiger partial charge >= 0.3 is 0 Å². The average Bonchev–Trinajstić information content (AvgIpc) is 3.28. The summed E-state index contributed by atoms with van der Waals surface area (Å²) < 4.78 is 5.64. The van der Waals surface area contributed by atoms with Gasteiger partial charge in [-0.15, -0.1) is 11.3 Å². The number of hydrogen-bond acceptors (Lipinski definition) is 4. The minimum absolute atomic E-state index is 0. The van der Waals surface area contributed by atoms with Crippen molar-refractivity contribution in [3.8, 4) is 0 Å². The lowest BCUT2D eigenvalue weighted by Gasteiger charge is -2.11. The zero-order valence-electron chi connectivity index (χ0n) is 17.7. The maximum atomic E-state index is 13.6. The van der Waals surface area contributed by atoms with Crippen molar-refractivity contribution < 1.29 is 17.0 Å². The summed E-state index contributed by atoms with van der Waals surface area (Å²) in [5.41, 5.74) is 3.40. The van der Waals surface area contributed by atoms with E-state index in [1.807, 2.05) is 66.0 Å². The highest BCUT2D eigenvalue weighted by atomic mass is 35.5. The van der Waals surface area contributed by atoms with E-state index in [-0.39, 0.29) is 18.0 Å². The number of para-hydroxylation sites is 1. The molecule has 3 heterocycles. The van der Waals surface area contributed by atoms with E-state index in [0.29, 0.717) is 6.54 Å². The van der Waals surface area contributed by atoms with Gasteiger partial charge in [0.2, 0.25) is 0 Å². The molecule has 1 aliphatic rings. The maximum Gasteiger partial charge on any atom is 0.272 e. The van der Waals surface area contributed by atoms with Crippen molar-refractivity contribution in [1.82, 2.24) is 4.57 Å². The average molecular weight is 480 g/mol. The SMILES string of the molecule is CN1/C(=c2\s/c(=C\c3cc[n+](C)cc3)n(Cc3ccccc3)c2=O)Sc2ccccc21.[Cl-]. The number of hydrogen-bond donors (Lipinski definition) is 0.